The molecule has 2 unspecified atom stereocenters. The standard InChI is InChI=1S/C25H48N2O3.Na.H2O/c1-3-5-6-7-8-9-10-11-12-13-14-15-16-17-18-19-20-22-25(30)27(4-2)23(26-22)21-24(28)29;;/h22,25,30H,3-21H2,1-2H3,(H,28,29);;1H2/q;+1;/p-1. The van der Waals surface area contributed by atoms with Gasteiger partial charge in [0.25, 0.3) is 5.84 Å². The summed E-state index contributed by atoms with van der Waals surface area (Å²) >= 11 is 0. The van der Waals surface area contributed by atoms with E-state index in [-0.39, 0.29) is 47.5 Å². The number of carbonyl (C=O) groups is 1. The zero-order chi connectivity index (χ0) is 22.0. The van der Waals surface area contributed by atoms with Crippen LogP contribution < -0.4 is 40.0 Å². The smallest absolute Gasteiger partial charge is 0.870 e. The second-order valence-corrected chi connectivity index (χ2v) is 9.04. The van der Waals surface area contributed by atoms with E-state index in [9.17, 15) is 15.0 Å². The number of aliphatic hydroxyl groups is 1. The molecule has 1 aliphatic heterocycles. The number of hydrogen-bond donors (Lipinski definition) is 2. The van der Waals surface area contributed by atoms with Gasteiger partial charge in [-0.05, 0) is 19.8 Å². The van der Waals surface area contributed by atoms with Crippen LogP contribution in [0.4, 0.5) is 0 Å². The number of unbranched alkanes of at least 4 members (excludes halogenated alkanes) is 15. The number of nitrogens with zero attached hydrogens (tertiary/aromatic N) is 1. The fourth-order valence-electron chi connectivity index (χ4n) is 4.55. The third kappa shape index (κ3) is 15.7. The van der Waals surface area contributed by atoms with E-state index in [0.717, 1.165) is 12.8 Å². The zero-order valence-electron chi connectivity index (χ0n) is 21.2. The molecule has 1 aliphatic rings. The van der Waals surface area contributed by atoms with Gasteiger partial charge < -0.3 is 20.5 Å². The number of hydrogen-bond acceptors (Lipinski definition) is 5. The Bertz CT molecular complexity index is 489. The molecule has 0 aliphatic carbocycles. The first-order valence-corrected chi connectivity index (χ1v) is 12.9. The van der Waals surface area contributed by atoms with Crippen molar-refractivity contribution in [3.05, 3.63) is 0 Å². The van der Waals surface area contributed by atoms with Crippen molar-refractivity contribution >= 4 is 11.8 Å². The van der Waals surface area contributed by atoms with Crippen molar-refractivity contribution in [2.75, 3.05) is 6.54 Å². The van der Waals surface area contributed by atoms with Crippen molar-refractivity contribution in [1.82, 2.24) is 5.32 Å². The molecule has 2 atom stereocenters. The summed E-state index contributed by atoms with van der Waals surface area (Å²) in [5.74, 6) is -0.516. The summed E-state index contributed by atoms with van der Waals surface area (Å²) in [6.45, 7) is 4.81. The fourth-order valence-corrected chi connectivity index (χ4v) is 4.55. The summed E-state index contributed by atoms with van der Waals surface area (Å²) in [4.78, 5) is 10.9. The molecule has 6 nitrogen and oxygen atoms in total. The molecule has 0 aromatic carbocycles. The van der Waals surface area contributed by atoms with Gasteiger partial charge in [0.05, 0.1) is 18.9 Å². The minimum atomic E-state index is -1.11. The summed E-state index contributed by atoms with van der Waals surface area (Å²) in [6, 6.07) is -0.0639. The third-order valence-electron chi connectivity index (χ3n) is 6.40. The van der Waals surface area contributed by atoms with Crippen LogP contribution in [0.5, 0.6) is 0 Å². The molecule has 0 radical (unpaired) electrons. The number of rotatable bonds is 20. The number of aliphatic hydroxyl groups excluding tert-OH is 1. The van der Waals surface area contributed by atoms with Crippen molar-refractivity contribution in [1.29, 1.82) is 0 Å². The molecule has 0 fully saturated rings. The first-order valence-electron chi connectivity index (χ1n) is 12.9. The molecule has 3 N–H and O–H groups in total. The topological polar surface area (TPSA) is 105 Å². The maximum Gasteiger partial charge on any atom is 1.00 e. The predicted molar refractivity (Wildman–Crippen MR) is 124 cm³/mol. The Morgan fingerprint density at radius 3 is 1.62 bits per heavy atom. The molecule has 184 valence electrons. The van der Waals surface area contributed by atoms with Crippen LogP contribution in [0.2, 0.25) is 0 Å². The van der Waals surface area contributed by atoms with E-state index in [1.54, 1.807) is 4.58 Å². The number of amidine groups is 1. The Kier molecular flexibility index (Phi) is 24.1. The summed E-state index contributed by atoms with van der Waals surface area (Å²) < 4.78 is 1.74. The first-order chi connectivity index (χ1) is 14.6. The number of carboxylic acid groups (broad SMARTS) is 1. The van der Waals surface area contributed by atoms with Gasteiger partial charge in [-0.1, -0.05) is 103 Å². The summed E-state index contributed by atoms with van der Waals surface area (Å²) in [6.07, 6.45) is 21.7. The van der Waals surface area contributed by atoms with Gasteiger partial charge in [0.1, 0.15) is 0 Å². The molecule has 32 heavy (non-hydrogen) atoms. The van der Waals surface area contributed by atoms with Gasteiger partial charge in [-0.2, -0.15) is 0 Å². The molecule has 0 aromatic heterocycles. The minimum absolute atomic E-state index is 0. The van der Waals surface area contributed by atoms with Crippen LogP contribution in [0.15, 0.2) is 0 Å². The molecule has 0 spiro atoms. The molecular weight excluding hydrogens is 415 g/mol. The molecule has 0 aromatic rings. The SMILES string of the molecule is CCCCCCCCCCCCCCCCCCC1NC(CC(=O)[O-])=[N+](CC)C1O.[Na+].[OH-]. The van der Waals surface area contributed by atoms with Crippen molar-refractivity contribution in [2.45, 2.75) is 142 Å². The fraction of sp³-hybridized carbons (Fsp3) is 0.920. The summed E-state index contributed by atoms with van der Waals surface area (Å²) in [5, 5.41) is 24.5. The van der Waals surface area contributed by atoms with Gasteiger partial charge in [0, 0.05) is 0 Å². The van der Waals surface area contributed by atoms with Crippen LogP contribution in [-0.2, 0) is 4.79 Å². The van der Waals surface area contributed by atoms with Crippen molar-refractivity contribution in [3.8, 4) is 0 Å². The average Bonchev–Trinajstić information content (AvgIpc) is 3.01. The molecule has 0 saturated heterocycles. The van der Waals surface area contributed by atoms with Crippen LogP contribution in [0.25, 0.3) is 0 Å². The van der Waals surface area contributed by atoms with Crippen LogP contribution in [0, 0.1) is 0 Å². The molecule has 0 amide bonds. The quantitative estimate of drug-likeness (QED) is 0.161. The Morgan fingerprint density at radius 1 is 0.844 bits per heavy atom. The molecule has 0 saturated carbocycles. The second kappa shape index (κ2) is 22.6. The normalized spacial score (nSPS) is 17.6. The van der Waals surface area contributed by atoms with Gasteiger partial charge in [-0.3, -0.25) is 5.32 Å². The monoisotopic (exact) mass is 464 g/mol. The predicted octanol–water partition coefficient (Wildman–Crippen LogP) is 1.33. The van der Waals surface area contributed by atoms with Gasteiger partial charge in [0.15, 0.2) is 6.04 Å². The summed E-state index contributed by atoms with van der Waals surface area (Å²) in [7, 11) is 0. The van der Waals surface area contributed by atoms with E-state index in [4.69, 9.17) is 0 Å². The number of carboxylic acids is 1. The molecule has 7 heteroatoms. The van der Waals surface area contributed by atoms with Crippen molar-refractivity contribution in [2.24, 2.45) is 0 Å². The van der Waals surface area contributed by atoms with Gasteiger partial charge in [-0.15, -0.1) is 0 Å². The Labute approximate surface area is 219 Å². The van der Waals surface area contributed by atoms with Crippen LogP contribution in [0.1, 0.15) is 129 Å². The molecule has 1 rings (SSSR count). The van der Waals surface area contributed by atoms with Gasteiger partial charge >= 0.3 is 29.6 Å². The maximum absolute atomic E-state index is 10.9. The van der Waals surface area contributed by atoms with Crippen LogP contribution in [0.3, 0.4) is 0 Å². The van der Waals surface area contributed by atoms with Gasteiger partial charge in [-0.25, -0.2) is 4.58 Å². The second-order valence-electron chi connectivity index (χ2n) is 9.04. The van der Waals surface area contributed by atoms with E-state index >= 15 is 0 Å². The van der Waals surface area contributed by atoms with E-state index in [1.165, 1.54) is 96.3 Å². The Hall–Kier alpha value is -0.140. The summed E-state index contributed by atoms with van der Waals surface area (Å²) in [5.41, 5.74) is 0. The maximum atomic E-state index is 10.9. The van der Waals surface area contributed by atoms with Gasteiger partial charge in [0.2, 0.25) is 6.23 Å². The molecular formula is C25H49N2NaO4. The van der Waals surface area contributed by atoms with E-state index < -0.39 is 12.2 Å². The minimum Gasteiger partial charge on any atom is -0.870 e. The van der Waals surface area contributed by atoms with Crippen LogP contribution in [-0.4, -0.2) is 45.8 Å². The molecule has 1 heterocycles. The molecule has 0 bridgehead atoms. The van der Waals surface area contributed by atoms with E-state index in [0.29, 0.717) is 12.4 Å². The average molecular weight is 465 g/mol. The van der Waals surface area contributed by atoms with E-state index in [2.05, 4.69) is 12.2 Å². The van der Waals surface area contributed by atoms with Crippen molar-refractivity contribution in [3.63, 3.8) is 0 Å². The van der Waals surface area contributed by atoms with E-state index in [1.807, 2.05) is 6.92 Å². The first kappa shape index (κ1) is 34.0. The third-order valence-corrected chi connectivity index (χ3v) is 6.40. The van der Waals surface area contributed by atoms with Crippen molar-refractivity contribution < 1.29 is 54.6 Å². The zero-order valence-corrected chi connectivity index (χ0v) is 23.2. The Balaban J connectivity index is 0. The Morgan fingerprint density at radius 2 is 1.25 bits per heavy atom. The van der Waals surface area contributed by atoms with Crippen LogP contribution >= 0.6 is 0 Å². The number of carbonyl (C=O) groups excluding carboxylic acids is 1. The largest absolute Gasteiger partial charge is 1.00 e. The number of nitrogens with one attached hydrogen (secondary N) is 1. The number of likely N-dealkylation sites (N-methyl/N-ethyl adjacent to an activating group) is 1. The number of aliphatic carboxylic acids is 1.